The quantitative estimate of drug-likeness (QED) is 0.382. The Morgan fingerprint density at radius 1 is 0.912 bits per heavy atom. The van der Waals surface area contributed by atoms with Gasteiger partial charge >= 0.3 is 0 Å². The first-order valence-electron chi connectivity index (χ1n) is 10.3. The first-order valence-corrected chi connectivity index (χ1v) is 10.7. The summed E-state index contributed by atoms with van der Waals surface area (Å²) in [6.45, 7) is 0. The van der Waals surface area contributed by atoms with Crippen molar-refractivity contribution < 1.29 is 23.4 Å². The van der Waals surface area contributed by atoms with Gasteiger partial charge in [-0.25, -0.2) is 0 Å². The van der Waals surface area contributed by atoms with Gasteiger partial charge in [0.05, 0.1) is 21.3 Å². The molecule has 4 rings (SSSR count). The van der Waals surface area contributed by atoms with Crippen LogP contribution in [0.5, 0.6) is 17.2 Å². The minimum Gasteiger partial charge on any atom is -0.493 e. The maximum Gasteiger partial charge on any atom is 0.252 e. The Labute approximate surface area is 201 Å². The molecule has 0 saturated heterocycles. The molecule has 9 heteroatoms. The molecular weight excluding hydrogens is 458 g/mol. The van der Waals surface area contributed by atoms with E-state index in [0.717, 1.165) is 5.56 Å². The molecule has 0 aliphatic rings. The van der Waals surface area contributed by atoms with Crippen molar-refractivity contribution in [3.63, 3.8) is 0 Å². The van der Waals surface area contributed by atoms with Crippen LogP contribution in [0.15, 0.2) is 71.1 Å². The Bertz CT molecular complexity index is 1270. The highest BCUT2D eigenvalue weighted by Crippen LogP contribution is 2.38. The fraction of sp³-hybridized carbons (Fsp3) is 0.160. The lowest BCUT2D eigenvalue weighted by molar-refractivity contribution is 0.0937. The van der Waals surface area contributed by atoms with Gasteiger partial charge in [-0.1, -0.05) is 48.0 Å². The van der Waals surface area contributed by atoms with Gasteiger partial charge in [-0.2, -0.15) is 0 Å². The second-order valence-electron chi connectivity index (χ2n) is 7.15. The molecule has 3 aromatic carbocycles. The molecule has 4 aromatic rings. The van der Waals surface area contributed by atoms with Crippen LogP contribution in [-0.4, -0.2) is 37.4 Å². The maximum atomic E-state index is 13.3. The lowest BCUT2D eigenvalue weighted by Gasteiger charge is -2.18. The van der Waals surface area contributed by atoms with E-state index in [0.29, 0.717) is 33.7 Å². The standard InChI is InChI=1S/C25H22ClN3O5/c1-31-19-13-16(14-20(32-2)22(19)33-3)23(30)27-21(17-11-7-8-12-18(17)26)25-29-28-24(34-25)15-9-5-4-6-10-15/h4-14,21H,1-3H3,(H,27,30)/t21-/m0/s1. The van der Waals surface area contributed by atoms with Gasteiger partial charge < -0.3 is 23.9 Å². The third-order valence-corrected chi connectivity index (χ3v) is 5.47. The molecule has 1 aromatic heterocycles. The maximum absolute atomic E-state index is 13.3. The number of rotatable bonds is 8. The normalized spacial score (nSPS) is 11.5. The highest BCUT2D eigenvalue weighted by atomic mass is 35.5. The van der Waals surface area contributed by atoms with E-state index in [2.05, 4.69) is 15.5 Å². The van der Waals surface area contributed by atoms with E-state index in [9.17, 15) is 4.79 Å². The van der Waals surface area contributed by atoms with Crippen LogP contribution in [0.4, 0.5) is 0 Å². The number of halogens is 1. The number of aromatic nitrogens is 2. The van der Waals surface area contributed by atoms with Crippen LogP contribution in [0.3, 0.4) is 0 Å². The van der Waals surface area contributed by atoms with Crippen molar-refractivity contribution in [2.75, 3.05) is 21.3 Å². The van der Waals surface area contributed by atoms with Gasteiger partial charge in [-0.15, -0.1) is 10.2 Å². The van der Waals surface area contributed by atoms with Gasteiger partial charge in [-0.05, 0) is 30.3 Å². The van der Waals surface area contributed by atoms with Gasteiger partial charge in [0.15, 0.2) is 11.5 Å². The molecular formula is C25H22ClN3O5. The topological polar surface area (TPSA) is 95.7 Å². The van der Waals surface area contributed by atoms with Crippen LogP contribution < -0.4 is 19.5 Å². The van der Waals surface area contributed by atoms with Crippen molar-refractivity contribution in [1.29, 1.82) is 0 Å². The van der Waals surface area contributed by atoms with E-state index in [4.69, 9.17) is 30.2 Å². The average Bonchev–Trinajstić information content (AvgIpc) is 3.37. The number of nitrogens with one attached hydrogen (secondary N) is 1. The fourth-order valence-corrected chi connectivity index (χ4v) is 3.70. The number of amides is 1. The number of nitrogens with zero attached hydrogens (tertiary/aromatic N) is 2. The SMILES string of the molecule is COc1cc(C(=O)N[C@H](c2nnc(-c3ccccc3)o2)c2ccccc2Cl)cc(OC)c1OC. The Morgan fingerprint density at radius 3 is 2.18 bits per heavy atom. The fourth-order valence-electron chi connectivity index (χ4n) is 3.46. The number of benzene rings is 3. The summed E-state index contributed by atoms with van der Waals surface area (Å²) in [7, 11) is 4.46. The van der Waals surface area contributed by atoms with Gasteiger partial charge in [0, 0.05) is 21.7 Å². The lowest BCUT2D eigenvalue weighted by Crippen LogP contribution is -2.30. The van der Waals surface area contributed by atoms with Crippen molar-refractivity contribution >= 4 is 17.5 Å². The highest BCUT2D eigenvalue weighted by molar-refractivity contribution is 6.31. The Hall–Kier alpha value is -4.04. The van der Waals surface area contributed by atoms with Crippen LogP contribution in [0.25, 0.3) is 11.5 Å². The monoisotopic (exact) mass is 479 g/mol. The van der Waals surface area contributed by atoms with Crippen LogP contribution in [0.2, 0.25) is 5.02 Å². The van der Waals surface area contributed by atoms with Crippen molar-refractivity contribution in [3.05, 3.63) is 88.8 Å². The van der Waals surface area contributed by atoms with Crippen molar-refractivity contribution in [2.24, 2.45) is 0 Å². The van der Waals surface area contributed by atoms with Gasteiger partial charge in [0.1, 0.15) is 6.04 Å². The highest BCUT2D eigenvalue weighted by Gasteiger charge is 2.27. The van der Waals surface area contributed by atoms with E-state index >= 15 is 0 Å². The zero-order valence-corrected chi connectivity index (χ0v) is 19.5. The minimum absolute atomic E-state index is 0.188. The summed E-state index contributed by atoms with van der Waals surface area (Å²) in [5.74, 6) is 1.18. The summed E-state index contributed by atoms with van der Waals surface area (Å²) in [5.41, 5.74) is 1.65. The van der Waals surface area contributed by atoms with E-state index in [1.54, 1.807) is 30.3 Å². The lowest BCUT2D eigenvalue weighted by atomic mass is 10.1. The third-order valence-electron chi connectivity index (χ3n) is 5.13. The van der Waals surface area contributed by atoms with Crippen LogP contribution in [0.1, 0.15) is 27.9 Å². The molecule has 34 heavy (non-hydrogen) atoms. The second-order valence-corrected chi connectivity index (χ2v) is 7.56. The molecule has 1 N–H and O–H groups in total. The van der Waals surface area contributed by atoms with Crippen molar-refractivity contribution in [2.45, 2.75) is 6.04 Å². The summed E-state index contributed by atoms with van der Waals surface area (Å²) in [6.07, 6.45) is 0. The summed E-state index contributed by atoms with van der Waals surface area (Å²) in [5, 5.41) is 11.7. The number of ether oxygens (including phenoxy) is 3. The molecule has 1 heterocycles. The number of hydrogen-bond donors (Lipinski definition) is 1. The van der Waals surface area contributed by atoms with Crippen molar-refractivity contribution in [3.8, 4) is 28.7 Å². The number of hydrogen-bond acceptors (Lipinski definition) is 7. The van der Waals surface area contributed by atoms with Gasteiger partial charge in [0.2, 0.25) is 17.5 Å². The first kappa shape index (κ1) is 23.1. The Kier molecular flexibility index (Phi) is 6.98. The zero-order valence-electron chi connectivity index (χ0n) is 18.7. The molecule has 1 amide bonds. The molecule has 0 spiro atoms. The smallest absolute Gasteiger partial charge is 0.252 e. The van der Waals surface area contributed by atoms with E-state index in [1.165, 1.54) is 21.3 Å². The molecule has 0 fully saturated rings. The number of carbonyl (C=O) groups excluding carboxylic acids is 1. The van der Waals surface area contributed by atoms with Crippen LogP contribution >= 0.6 is 11.6 Å². The van der Waals surface area contributed by atoms with E-state index < -0.39 is 11.9 Å². The molecule has 0 aliphatic heterocycles. The molecule has 0 bridgehead atoms. The van der Waals surface area contributed by atoms with E-state index in [1.807, 2.05) is 36.4 Å². The average molecular weight is 480 g/mol. The third kappa shape index (κ3) is 4.67. The summed E-state index contributed by atoms with van der Waals surface area (Å²) in [4.78, 5) is 13.3. The summed E-state index contributed by atoms with van der Waals surface area (Å²) in [6, 6.07) is 18.8. The zero-order chi connectivity index (χ0) is 24.1. The predicted octanol–water partition coefficient (Wildman–Crippen LogP) is 4.94. The number of carbonyl (C=O) groups is 1. The largest absolute Gasteiger partial charge is 0.493 e. The van der Waals surface area contributed by atoms with Gasteiger partial charge in [-0.3, -0.25) is 4.79 Å². The summed E-state index contributed by atoms with van der Waals surface area (Å²) >= 11 is 6.46. The number of methoxy groups -OCH3 is 3. The molecule has 0 unspecified atom stereocenters. The molecule has 0 aliphatic carbocycles. The predicted molar refractivity (Wildman–Crippen MR) is 127 cm³/mol. The Morgan fingerprint density at radius 2 is 1.56 bits per heavy atom. The van der Waals surface area contributed by atoms with Crippen LogP contribution in [-0.2, 0) is 0 Å². The van der Waals surface area contributed by atoms with E-state index in [-0.39, 0.29) is 11.5 Å². The summed E-state index contributed by atoms with van der Waals surface area (Å²) < 4.78 is 22.0. The molecule has 0 saturated carbocycles. The molecule has 8 nitrogen and oxygen atoms in total. The first-order chi connectivity index (χ1) is 16.5. The van der Waals surface area contributed by atoms with Crippen LogP contribution in [0, 0.1) is 0 Å². The minimum atomic E-state index is -0.801. The molecule has 174 valence electrons. The van der Waals surface area contributed by atoms with Crippen molar-refractivity contribution in [1.82, 2.24) is 15.5 Å². The Balaban J connectivity index is 1.73. The van der Waals surface area contributed by atoms with Gasteiger partial charge in [0.25, 0.3) is 5.91 Å². The second kappa shape index (κ2) is 10.3. The molecule has 0 radical (unpaired) electrons. The molecule has 1 atom stereocenters.